The largest absolute Gasteiger partial charge is 0.320 e. The van der Waals surface area contributed by atoms with Gasteiger partial charge in [0, 0.05) is 23.4 Å². The number of carbonyl (C=O) groups is 1. The third-order valence-corrected chi connectivity index (χ3v) is 5.50. The first-order chi connectivity index (χ1) is 12.8. The number of carbonyl (C=O) groups excluding carboxylic acids is 1. The Morgan fingerprint density at radius 3 is 2.85 bits per heavy atom. The van der Waals surface area contributed by atoms with Crippen LogP contribution in [0.4, 0.5) is 22.7 Å². The second-order valence-electron chi connectivity index (χ2n) is 5.28. The predicted octanol–water partition coefficient (Wildman–Crippen LogP) is 4.72. The summed E-state index contributed by atoms with van der Waals surface area (Å²) in [5.74, 6) is -1.97. The third-order valence-electron chi connectivity index (χ3n) is 3.38. The van der Waals surface area contributed by atoms with Crippen LogP contribution in [-0.4, -0.2) is 26.2 Å². The topological polar surface area (TPSA) is 59.8 Å². The van der Waals surface area contributed by atoms with Crippen molar-refractivity contribution < 1.29 is 22.4 Å². The van der Waals surface area contributed by atoms with Gasteiger partial charge in [0.1, 0.15) is 11.6 Å². The number of halogens is 4. The van der Waals surface area contributed by atoms with Gasteiger partial charge in [-0.15, -0.1) is 11.8 Å². The molecule has 3 rings (SSSR count). The maximum atomic E-state index is 13.6. The average Bonchev–Trinajstić information content (AvgIpc) is 3.20. The molecule has 0 radical (unpaired) electrons. The van der Waals surface area contributed by atoms with Gasteiger partial charge in [0.25, 0.3) is 0 Å². The maximum absolute atomic E-state index is 13.6. The molecule has 5 nitrogen and oxygen atoms in total. The minimum Gasteiger partial charge on any atom is -0.301 e. The lowest BCUT2D eigenvalue weighted by molar-refractivity contribution is -0.113. The van der Waals surface area contributed by atoms with Gasteiger partial charge in [0.15, 0.2) is 11.0 Å². The number of imidazole rings is 1. The van der Waals surface area contributed by atoms with Crippen LogP contribution in [0, 0.1) is 18.6 Å². The number of rotatable bonds is 6. The molecule has 1 N–H and O–H groups in total. The van der Waals surface area contributed by atoms with E-state index in [1.165, 1.54) is 12.3 Å². The lowest BCUT2D eigenvalue weighted by Crippen LogP contribution is -2.13. The van der Waals surface area contributed by atoms with Crippen molar-refractivity contribution in [1.29, 1.82) is 0 Å². The van der Waals surface area contributed by atoms with Crippen LogP contribution >= 0.6 is 23.1 Å². The first-order valence-corrected chi connectivity index (χ1v) is 9.32. The fourth-order valence-electron chi connectivity index (χ4n) is 2.19. The standard InChI is InChI=1S/C16H12F4N4OS2/c1-8-13(14-21-4-5-24(14)15(19)20)27-16(22-8)23-12(25)7-26-11-3-2-9(17)6-10(11)18/h2-6,15H,7H2,1H3,(H,22,23,25). The molecular formula is C16H12F4N4OS2. The molecule has 11 heteroatoms. The van der Waals surface area contributed by atoms with Crippen LogP contribution in [0.5, 0.6) is 0 Å². The minimum atomic E-state index is -2.75. The molecule has 0 saturated heterocycles. The number of thiazole rings is 1. The number of benzene rings is 1. The third kappa shape index (κ3) is 4.48. The van der Waals surface area contributed by atoms with Gasteiger partial charge in [-0.05, 0) is 19.1 Å². The van der Waals surface area contributed by atoms with E-state index in [1.54, 1.807) is 6.92 Å². The molecule has 1 aromatic carbocycles. The molecular weight excluding hydrogens is 404 g/mol. The lowest BCUT2D eigenvalue weighted by Gasteiger charge is -2.04. The Bertz CT molecular complexity index is 973. The first kappa shape index (κ1) is 19.4. The Labute approximate surface area is 159 Å². The molecule has 0 aliphatic heterocycles. The van der Waals surface area contributed by atoms with Crippen LogP contribution < -0.4 is 5.32 Å². The Morgan fingerprint density at radius 1 is 1.37 bits per heavy atom. The number of nitrogens with one attached hydrogen (secondary N) is 1. The average molecular weight is 416 g/mol. The van der Waals surface area contributed by atoms with Crippen molar-refractivity contribution in [2.24, 2.45) is 0 Å². The highest BCUT2D eigenvalue weighted by molar-refractivity contribution is 8.00. The molecule has 3 aromatic rings. The van der Waals surface area contributed by atoms with E-state index < -0.39 is 24.1 Å². The number of hydrogen-bond donors (Lipinski definition) is 1. The minimum absolute atomic E-state index is 0.0586. The molecule has 2 aromatic heterocycles. The normalized spacial score (nSPS) is 11.2. The van der Waals surface area contributed by atoms with E-state index in [0.29, 0.717) is 15.1 Å². The van der Waals surface area contributed by atoms with Gasteiger partial charge in [0.2, 0.25) is 5.91 Å². The quantitative estimate of drug-likeness (QED) is 0.467. The van der Waals surface area contributed by atoms with Crippen molar-refractivity contribution in [3.8, 4) is 10.7 Å². The summed E-state index contributed by atoms with van der Waals surface area (Å²) >= 11 is 1.92. The second kappa shape index (κ2) is 8.09. The number of aromatic nitrogens is 3. The molecule has 27 heavy (non-hydrogen) atoms. The Morgan fingerprint density at radius 2 is 2.15 bits per heavy atom. The van der Waals surface area contributed by atoms with Gasteiger partial charge in [-0.25, -0.2) is 18.7 Å². The molecule has 2 heterocycles. The lowest BCUT2D eigenvalue weighted by atomic mass is 10.3. The fraction of sp³-hybridized carbons (Fsp3) is 0.188. The van der Waals surface area contributed by atoms with Gasteiger partial charge in [-0.2, -0.15) is 8.78 Å². The highest BCUT2D eigenvalue weighted by atomic mass is 32.2. The van der Waals surface area contributed by atoms with Crippen LogP contribution in [0.1, 0.15) is 12.2 Å². The Balaban J connectivity index is 1.67. The van der Waals surface area contributed by atoms with Crippen LogP contribution in [0.2, 0.25) is 0 Å². The highest BCUT2D eigenvalue weighted by Gasteiger charge is 2.19. The number of alkyl halides is 2. The van der Waals surface area contributed by atoms with Gasteiger partial charge >= 0.3 is 6.55 Å². The predicted molar refractivity (Wildman–Crippen MR) is 95.0 cm³/mol. The highest BCUT2D eigenvalue weighted by Crippen LogP contribution is 2.33. The summed E-state index contributed by atoms with van der Waals surface area (Å²) in [6.45, 7) is -1.13. The van der Waals surface area contributed by atoms with Crippen LogP contribution in [-0.2, 0) is 4.79 Å². The van der Waals surface area contributed by atoms with Crippen molar-refractivity contribution in [1.82, 2.24) is 14.5 Å². The number of hydrogen-bond acceptors (Lipinski definition) is 5. The summed E-state index contributed by atoms with van der Waals surface area (Å²) in [5.41, 5.74) is 0.445. The smallest absolute Gasteiger partial charge is 0.301 e. The van der Waals surface area contributed by atoms with Gasteiger partial charge in [-0.1, -0.05) is 11.3 Å². The molecule has 0 spiro atoms. The number of aryl methyl sites for hydroxylation is 1. The van der Waals surface area contributed by atoms with Crippen molar-refractivity contribution in [2.45, 2.75) is 18.4 Å². The number of amides is 1. The first-order valence-electron chi connectivity index (χ1n) is 7.51. The van der Waals surface area contributed by atoms with Crippen LogP contribution in [0.25, 0.3) is 10.7 Å². The van der Waals surface area contributed by atoms with Gasteiger partial charge in [-0.3, -0.25) is 9.36 Å². The van der Waals surface area contributed by atoms with Crippen molar-refractivity contribution in [3.05, 3.63) is 47.9 Å². The molecule has 0 aliphatic carbocycles. The maximum Gasteiger partial charge on any atom is 0.320 e. The molecule has 142 valence electrons. The number of nitrogens with zero attached hydrogens (tertiary/aromatic N) is 3. The zero-order valence-electron chi connectivity index (χ0n) is 13.7. The summed E-state index contributed by atoms with van der Waals surface area (Å²) < 4.78 is 53.1. The van der Waals surface area contributed by atoms with E-state index >= 15 is 0 Å². The second-order valence-corrected chi connectivity index (χ2v) is 7.30. The summed E-state index contributed by atoms with van der Waals surface area (Å²) in [5, 5.41) is 2.76. The molecule has 0 bridgehead atoms. The van der Waals surface area contributed by atoms with Gasteiger partial charge < -0.3 is 5.32 Å². The fourth-order valence-corrected chi connectivity index (χ4v) is 3.90. The summed E-state index contributed by atoms with van der Waals surface area (Å²) in [4.78, 5) is 20.7. The Kier molecular flexibility index (Phi) is 5.80. The zero-order valence-corrected chi connectivity index (χ0v) is 15.4. The van der Waals surface area contributed by atoms with Crippen LogP contribution in [0.15, 0.2) is 35.5 Å². The summed E-state index contributed by atoms with van der Waals surface area (Å²) in [7, 11) is 0. The molecule has 0 unspecified atom stereocenters. The van der Waals surface area contributed by atoms with E-state index in [2.05, 4.69) is 15.3 Å². The monoisotopic (exact) mass is 416 g/mol. The Hall–Kier alpha value is -2.40. The summed E-state index contributed by atoms with van der Waals surface area (Å²) in [6.07, 6.45) is 2.41. The molecule has 0 aliphatic rings. The SMILES string of the molecule is Cc1nc(NC(=O)CSc2ccc(F)cc2F)sc1-c1nccn1C(F)F. The van der Waals surface area contributed by atoms with E-state index in [-0.39, 0.29) is 21.6 Å². The van der Waals surface area contributed by atoms with Crippen LogP contribution in [0.3, 0.4) is 0 Å². The van der Waals surface area contributed by atoms with E-state index in [9.17, 15) is 22.4 Å². The van der Waals surface area contributed by atoms with Crippen molar-refractivity contribution in [3.63, 3.8) is 0 Å². The van der Waals surface area contributed by atoms with E-state index in [1.807, 2.05) is 0 Å². The van der Waals surface area contributed by atoms with Crippen molar-refractivity contribution >= 4 is 34.1 Å². The zero-order chi connectivity index (χ0) is 19.6. The molecule has 0 atom stereocenters. The molecule has 0 saturated carbocycles. The summed E-state index contributed by atoms with van der Waals surface area (Å²) in [6, 6.07) is 3.09. The van der Waals surface area contributed by atoms with E-state index in [0.717, 1.165) is 41.4 Å². The molecule has 1 amide bonds. The molecule has 0 fully saturated rings. The van der Waals surface area contributed by atoms with Gasteiger partial charge in [0.05, 0.1) is 16.3 Å². The van der Waals surface area contributed by atoms with E-state index in [4.69, 9.17) is 0 Å². The van der Waals surface area contributed by atoms with Crippen molar-refractivity contribution in [2.75, 3.05) is 11.1 Å². The number of thioether (sulfide) groups is 1. The number of anilines is 1.